The molecule has 0 aromatic heterocycles. The topological polar surface area (TPSA) is 38.7 Å². The van der Waals surface area contributed by atoms with Gasteiger partial charge in [-0.2, -0.15) is 0 Å². The molecule has 84 valence electrons. The quantitative estimate of drug-likeness (QED) is 0.725. The van der Waals surface area contributed by atoms with Crippen LogP contribution >= 0.6 is 0 Å². The molecule has 16 heavy (non-hydrogen) atoms. The van der Waals surface area contributed by atoms with Crippen molar-refractivity contribution in [2.24, 2.45) is 4.99 Å². The molecular formula is C13H15NO2. The van der Waals surface area contributed by atoms with Crippen molar-refractivity contribution in [3.63, 3.8) is 0 Å². The summed E-state index contributed by atoms with van der Waals surface area (Å²) in [5.74, 6) is 0.972. The summed E-state index contributed by atoms with van der Waals surface area (Å²) in [6.07, 6.45) is 1.51. The Morgan fingerprint density at radius 2 is 2.44 bits per heavy atom. The largest absolute Gasteiger partial charge is 0.476 e. The molecule has 3 nitrogen and oxygen atoms in total. The van der Waals surface area contributed by atoms with Gasteiger partial charge in [0.25, 0.3) is 0 Å². The first kappa shape index (κ1) is 10.9. The van der Waals surface area contributed by atoms with Crippen molar-refractivity contribution in [2.75, 3.05) is 13.2 Å². The number of aliphatic imine (C=N–C) groups is 1. The second-order valence-electron chi connectivity index (χ2n) is 3.96. The summed E-state index contributed by atoms with van der Waals surface area (Å²) in [6, 6.07) is 8.06. The average molecular weight is 217 g/mol. The standard InChI is InChI=1S/C13H15NO2/c1-10(5-7-15)11-3-2-4-12(9-11)13-14-6-8-16-13/h2-4,7,9-10H,5-6,8H2,1H3. The van der Waals surface area contributed by atoms with Crippen molar-refractivity contribution < 1.29 is 9.53 Å². The molecular weight excluding hydrogens is 202 g/mol. The van der Waals surface area contributed by atoms with Crippen LogP contribution in [0.15, 0.2) is 29.3 Å². The van der Waals surface area contributed by atoms with Crippen LogP contribution < -0.4 is 0 Å². The molecule has 0 saturated carbocycles. The van der Waals surface area contributed by atoms with Gasteiger partial charge in [-0.1, -0.05) is 19.1 Å². The molecule has 1 heterocycles. The molecule has 0 amide bonds. The lowest BCUT2D eigenvalue weighted by Crippen LogP contribution is -2.03. The van der Waals surface area contributed by atoms with E-state index in [1.807, 2.05) is 25.1 Å². The third-order valence-electron chi connectivity index (χ3n) is 2.74. The Kier molecular flexibility index (Phi) is 3.34. The normalized spacial score (nSPS) is 16.4. The minimum absolute atomic E-state index is 0.249. The van der Waals surface area contributed by atoms with Crippen LogP contribution in [0, 0.1) is 0 Å². The molecule has 1 atom stereocenters. The number of hydrogen-bond donors (Lipinski definition) is 0. The van der Waals surface area contributed by atoms with Gasteiger partial charge in [0.15, 0.2) is 0 Å². The van der Waals surface area contributed by atoms with Gasteiger partial charge in [-0.15, -0.1) is 0 Å². The minimum atomic E-state index is 0.249. The van der Waals surface area contributed by atoms with Gasteiger partial charge in [0.05, 0.1) is 6.54 Å². The van der Waals surface area contributed by atoms with E-state index in [9.17, 15) is 4.79 Å². The summed E-state index contributed by atoms with van der Waals surface area (Å²) in [5.41, 5.74) is 2.16. The van der Waals surface area contributed by atoms with Gasteiger partial charge in [-0.3, -0.25) is 0 Å². The van der Waals surface area contributed by atoms with Crippen molar-refractivity contribution >= 4 is 12.2 Å². The Bertz CT molecular complexity index is 412. The Balaban J connectivity index is 2.22. The van der Waals surface area contributed by atoms with Gasteiger partial charge in [0, 0.05) is 12.0 Å². The van der Waals surface area contributed by atoms with E-state index in [4.69, 9.17) is 4.74 Å². The Labute approximate surface area is 95.2 Å². The maximum Gasteiger partial charge on any atom is 0.216 e. The maximum atomic E-state index is 10.5. The molecule has 1 aliphatic heterocycles. The molecule has 2 rings (SSSR count). The van der Waals surface area contributed by atoms with E-state index in [1.54, 1.807) is 0 Å². The number of benzene rings is 1. The van der Waals surface area contributed by atoms with Gasteiger partial charge < -0.3 is 9.53 Å². The van der Waals surface area contributed by atoms with Crippen LogP contribution in [0.2, 0.25) is 0 Å². The van der Waals surface area contributed by atoms with Gasteiger partial charge in [-0.05, 0) is 23.6 Å². The molecule has 0 N–H and O–H groups in total. The molecule has 0 aliphatic carbocycles. The van der Waals surface area contributed by atoms with Crippen LogP contribution in [0.1, 0.15) is 30.4 Å². The van der Waals surface area contributed by atoms with E-state index in [0.717, 1.165) is 29.9 Å². The van der Waals surface area contributed by atoms with E-state index in [2.05, 4.69) is 11.1 Å². The Hall–Kier alpha value is -1.64. The summed E-state index contributed by atoms with van der Waals surface area (Å²) >= 11 is 0. The highest BCUT2D eigenvalue weighted by Crippen LogP contribution is 2.20. The second-order valence-corrected chi connectivity index (χ2v) is 3.96. The number of aldehydes is 1. The van der Waals surface area contributed by atoms with Crippen LogP contribution in [0.5, 0.6) is 0 Å². The molecule has 1 aliphatic rings. The Morgan fingerprint density at radius 1 is 1.56 bits per heavy atom. The number of nitrogens with zero attached hydrogens (tertiary/aromatic N) is 1. The first-order valence-electron chi connectivity index (χ1n) is 5.52. The molecule has 0 radical (unpaired) electrons. The van der Waals surface area contributed by atoms with E-state index in [-0.39, 0.29) is 5.92 Å². The minimum Gasteiger partial charge on any atom is -0.476 e. The summed E-state index contributed by atoms with van der Waals surface area (Å²) in [5, 5.41) is 0. The molecule has 3 heteroatoms. The van der Waals surface area contributed by atoms with Gasteiger partial charge in [-0.25, -0.2) is 4.99 Å². The van der Waals surface area contributed by atoms with Crippen LogP contribution in [-0.2, 0) is 9.53 Å². The fourth-order valence-electron chi connectivity index (χ4n) is 1.77. The third kappa shape index (κ3) is 2.30. The van der Waals surface area contributed by atoms with E-state index in [1.165, 1.54) is 0 Å². The highest BCUT2D eigenvalue weighted by molar-refractivity contribution is 5.95. The predicted octanol–water partition coefficient (Wildman–Crippen LogP) is 2.16. The first-order valence-corrected chi connectivity index (χ1v) is 5.52. The van der Waals surface area contributed by atoms with E-state index in [0.29, 0.717) is 13.0 Å². The van der Waals surface area contributed by atoms with Crippen LogP contribution in [0.25, 0.3) is 0 Å². The lowest BCUT2D eigenvalue weighted by Gasteiger charge is -2.10. The fraction of sp³-hybridized carbons (Fsp3) is 0.385. The highest BCUT2D eigenvalue weighted by Gasteiger charge is 2.12. The summed E-state index contributed by atoms with van der Waals surface area (Å²) < 4.78 is 5.41. The van der Waals surface area contributed by atoms with E-state index >= 15 is 0 Å². The average Bonchev–Trinajstić information content (AvgIpc) is 2.83. The number of carbonyl (C=O) groups excluding carboxylic acids is 1. The smallest absolute Gasteiger partial charge is 0.216 e. The van der Waals surface area contributed by atoms with Crippen molar-refractivity contribution in [3.8, 4) is 0 Å². The van der Waals surface area contributed by atoms with Crippen molar-refractivity contribution in [1.82, 2.24) is 0 Å². The first-order chi connectivity index (χ1) is 7.81. The summed E-state index contributed by atoms with van der Waals surface area (Å²) in [6.45, 7) is 3.46. The van der Waals surface area contributed by atoms with Crippen LogP contribution in [0.3, 0.4) is 0 Å². The molecule has 0 bridgehead atoms. The predicted molar refractivity (Wildman–Crippen MR) is 62.9 cm³/mol. The lowest BCUT2D eigenvalue weighted by atomic mass is 9.97. The lowest BCUT2D eigenvalue weighted by molar-refractivity contribution is -0.108. The van der Waals surface area contributed by atoms with Crippen LogP contribution in [0.4, 0.5) is 0 Å². The molecule has 1 aromatic rings. The summed E-state index contributed by atoms with van der Waals surface area (Å²) in [4.78, 5) is 14.8. The molecule has 0 fully saturated rings. The third-order valence-corrected chi connectivity index (χ3v) is 2.74. The number of ether oxygens (including phenoxy) is 1. The molecule has 0 saturated heterocycles. The zero-order chi connectivity index (χ0) is 11.4. The second kappa shape index (κ2) is 4.92. The van der Waals surface area contributed by atoms with Crippen molar-refractivity contribution in [1.29, 1.82) is 0 Å². The van der Waals surface area contributed by atoms with E-state index < -0.39 is 0 Å². The zero-order valence-electron chi connectivity index (χ0n) is 9.35. The van der Waals surface area contributed by atoms with Gasteiger partial charge in [0.1, 0.15) is 12.9 Å². The summed E-state index contributed by atoms with van der Waals surface area (Å²) in [7, 11) is 0. The highest BCUT2D eigenvalue weighted by atomic mass is 16.5. The van der Waals surface area contributed by atoms with Gasteiger partial charge >= 0.3 is 0 Å². The maximum absolute atomic E-state index is 10.5. The Morgan fingerprint density at radius 3 is 3.12 bits per heavy atom. The number of carbonyl (C=O) groups is 1. The zero-order valence-corrected chi connectivity index (χ0v) is 9.35. The monoisotopic (exact) mass is 217 g/mol. The fourth-order valence-corrected chi connectivity index (χ4v) is 1.77. The van der Waals surface area contributed by atoms with Gasteiger partial charge in [0.2, 0.25) is 5.90 Å². The molecule has 0 spiro atoms. The van der Waals surface area contributed by atoms with Crippen molar-refractivity contribution in [2.45, 2.75) is 19.3 Å². The molecule has 1 unspecified atom stereocenters. The van der Waals surface area contributed by atoms with Crippen molar-refractivity contribution in [3.05, 3.63) is 35.4 Å². The number of rotatable bonds is 4. The van der Waals surface area contributed by atoms with Crippen LogP contribution in [-0.4, -0.2) is 25.3 Å². The SMILES string of the molecule is CC(CC=O)c1cccc(C2=NCCO2)c1. The molecule has 1 aromatic carbocycles. The number of hydrogen-bond acceptors (Lipinski definition) is 3.